The molecule has 0 unspecified atom stereocenters. The van der Waals surface area contributed by atoms with Crippen LogP contribution in [-0.2, 0) is 16.0 Å². The zero-order valence-electron chi connectivity index (χ0n) is 9.39. The van der Waals surface area contributed by atoms with Gasteiger partial charge in [0.25, 0.3) is 0 Å². The third-order valence-electron chi connectivity index (χ3n) is 2.25. The summed E-state index contributed by atoms with van der Waals surface area (Å²) in [5.74, 6) is -0.220. The van der Waals surface area contributed by atoms with Crippen molar-refractivity contribution < 1.29 is 14.6 Å². The summed E-state index contributed by atoms with van der Waals surface area (Å²) in [7, 11) is 0. The van der Waals surface area contributed by atoms with Crippen molar-refractivity contribution in [2.24, 2.45) is 0 Å². The molecule has 0 spiro atoms. The Hall–Kier alpha value is -1.35. The van der Waals surface area contributed by atoms with Gasteiger partial charge in [0.1, 0.15) is 0 Å². The molecule has 0 aliphatic carbocycles. The average molecular weight is 222 g/mol. The van der Waals surface area contributed by atoms with Crippen LogP contribution >= 0.6 is 0 Å². The zero-order chi connectivity index (χ0) is 11.6. The molecule has 16 heavy (non-hydrogen) atoms. The predicted molar refractivity (Wildman–Crippen MR) is 62.0 cm³/mol. The molecule has 0 saturated heterocycles. The molecule has 0 saturated carbocycles. The Morgan fingerprint density at radius 1 is 1.19 bits per heavy atom. The monoisotopic (exact) mass is 222 g/mol. The first kappa shape index (κ1) is 12.7. The minimum Gasteiger partial charge on any atom is -0.466 e. The van der Waals surface area contributed by atoms with Crippen LogP contribution in [0, 0.1) is 0 Å². The molecule has 0 atom stereocenters. The van der Waals surface area contributed by atoms with E-state index in [0.717, 1.165) is 12.8 Å². The summed E-state index contributed by atoms with van der Waals surface area (Å²) in [4.78, 5) is 11.1. The van der Waals surface area contributed by atoms with Gasteiger partial charge in [-0.1, -0.05) is 30.3 Å². The SMILES string of the molecule is O=C(CCCO)OCCCc1ccccc1. The summed E-state index contributed by atoms with van der Waals surface area (Å²) in [5, 5.41) is 8.53. The van der Waals surface area contributed by atoms with Gasteiger partial charge in [0.05, 0.1) is 6.61 Å². The van der Waals surface area contributed by atoms with Gasteiger partial charge in [-0.05, 0) is 24.8 Å². The van der Waals surface area contributed by atoms with Crippen LogP contribution in [0.1, 0.15) is 24.8 Å². The number of hydrogen-bond donors (Lipinski definition) is 1. The molecule has 1 aromatic rings. The highest BCUT2D eigenvalue weighted by Crippen LogP contribution is 2.02. The molecule has 0 aromatic heterocycles. The highest BCUT2D eigenvalue weighted by Gasteiger charge is 2.01. The quantitative estimate of drug-likeness (QED) is 0.566. The van der Waals surface area contributed by atoms with Gasteiger partial charge in [-0.25, -0.2) is 0 Å². The first-order valence-corrected chi connectivity index (χ1v) is 5.63. The Bertz CT molecular complexity index is 295. The molecule has 1 aromatic carbocycles. The van der Waals surface area contributed by atoms with Crippen LogP contribution in [0.4, 0.5) is 0 Å². The molecule has 0 bridgehead atoms. The second-order valence-corrected chi connectivity index (χ2v) is 3.64. The molecule has 0 aliphatic rings. The van der Waals surface area contributed by atoms with E-state index in [1.54, 1.807) is 0 Å². The number of aliphatic hydroxyl groups is 1. The lowest BCUT2D eigenvalue weighted by Gasteiger charge is -2.04. The summed E-state index contributed by atoms with van der Waals surface area (Å²) in [6, 6.07) is 10.1. The van der Waals surface area contributed by atoms with Crippen LogP contribution < -0.4 is 0 Å². The molecular formula is C13H18O3. The Labute approximate surface area is 96.1 Å². The summed E-state index contributed by atoms with van der Waals surface area (Å²) < 4.78 is 5.02. The van der Waals surface area contributed by atoms with E-state index in [0.29, 0.717) is 19.4 Å². The van der Waals surface area contributed by atoms with Crippen molar-refractivity contribution in [3.05, 3.63) is 35.9 Å². The second kappa shape index (κ2) is 7.88. The molecule has 0 radical (unpaired) electrons. The van der Waals surface area contributed by atoms with Crippen LogP contribution in [0.2, 0.25) is 0 Å². The zero-order valence-corrected chi connectivity index (χ0v) is 9.39. The van der Waals surface area contributed by atoms with Gasteiger partial charge in [0, 0.05) is 13.0 Å². The van der Waals surface area contributed by atoms with E-state index < -0.39 is 0 Å². The lowest BCUT2D eigenvalue weighted by Crippen LogP contribution is -2.07. The van der Waals surface area contributed by atoms with Crippen molar-refractivity contribution in [2.75, 3.05) is 13.2 Å². The second-order valence-electron chi connectivity index (χ2n) is 3.64. The summed E-state index contributed by atoms with van der Waals surface area (Å²) in [6.07, 6.45) is 2.56. The maximum atomic E-state index is 11.1. The summed E-state index contributed by atoms with van der Waals surface area (Å²) in [6.45, 7) is 0.498. The molecule has 3 heteroatoms. The van der Waals surface area contributed by atoms with Gasteiger partial charge >= 0.3 is 5.97 Å². The van der Waals surface area contributed by atoms with Crippen LogP contribution in [0.15, 0.2) is 30.3 Å². The molecule has 0 aliphatic heterocycles. The number of aliphatic hydroxyl groups excluding tert-OH is 1. The molecule has 0 amide bonds. The van der Waals surface area contributed by atoms with Crippen LogP contribution in [0.25, 0.3) is 0 Å². The average Bonchev–Trinajstić information content (AvgIpc) is 2.33. The Balaban J connectivity index is 2.06. The van der Waals surface area contributed by atoms with E-state index in [4.69, 9.17) is 9.84 Å². The Kier molecular flexibility index (Phi) is 6.26. The molecule has 3 nitrogen and oxygen atoms in total. The minimum atomic E-state index is -0.220. The third kappa shape index (κ3) is 5.51. The van der Waals surface area contributed by atoms with Crippen molar-refractivity contribution in [3.8, 4) is 0 Å². The smallest absolute Gasteiger partial charge is 0.305 e. The van der Waals surface area contributed by atoms with Crippen LogP contribution in [-0.4, -0.2) is 24.3 Å². The van der Waals surface area contributed by atoms with E-state index in [9.17, 15) is 4.79 Å². The van der Waals surface area contributed by atoms with Gasteiger partial charge < -0.3 is 9.84 Å². The van der Waals surface area contributed by atoms with Gasteiger partial charge in [0.2, 0.25) is 0 Å². The van der Waals surface area contributed by atoms with E-state index in [-0.39, 0.29) is 12.6 Å². The minimum absolute atomic E-state index is 0.0408. The number of hydrogen-bond acceptors (Lipinski definition) is 3. The summed E-state index contributed by atoms with van der Waals surface area (Å²) in [5.41, 5.74) is 1.26. The van der Waals surface area contributed by atoms with Gasteiger partial charge in [-0.2, -0.15) is 0 Å². The molecule has 1 N–H and O–H groups in total. The number of carbonyl (C=O) groups excluding carboxylic acids is 1. The fourth-order valence-corrected chi connectivity index (χ4v) is 1.40. The third-order valence-corrected chi connectivity index (χ3v) is 2.25. The van der Waals surface area contributed by atoms with Gasteiger partial charge in [0.15, 0.2) is 0 Å². The van der Waals surface area contributed by atoms with Gasteiger partial charge in [-0.15, -0.1) is 0 Å². The maximum absolute atomic E-state index is 11.1. The number of ether oxygens (including phenoxy) is 1. The number of benzene rings is 1. The highest BCUT2D eigenvalue weighted by atomic mass is 16.5. The normalized spacial score (nSPS) is 10.1. The summed E-state index contributed by atoms with van der Waals surface area (Å²) >= 11 is 0. The van der Waals surface area contributed by atoms with Crippen molar-refractivity contribution in [3.63, 3.8) is 0 Å². The standard InChI is InChI=1S/C13H18O3/c14-10-4-9-13(15)16-11-5-8-12-6-2-1-3-7-12/h1-3,6-7,14H,4-5,8-11H2. The molecule has 1 rings (SSSR count). The fraction of sp³-hybridized carbons (Fsp3) is 0.462. The number of aryl methyl sites for hydroxylation is 1. The van der Waals surface area contributed by atoms with E-state index >= 15 is 0 Å². The Morgan fingerprint density at radius 3 is 2.62 bits per heavy atom. The van der Waals surface area contributed by atoms with E-state index in [1.165, 1.54) is 5.56 Å². The van der Waals surface area contributed by atoms with Gasteiger partial charge in [-0.3, -0.25) is 4.79 Å². The van der Waals surface area contributed by atoms with Crippen molar-refractivity contribution in [1.29, 1.82) is 0 Å². The van der Waals surface area contributed by atoms with Crippen molar-refractivity contribution in [1.82, 2.24) is 0 Å². The van der Waals surface area contributed by atoms with Crippen LogP contribution in [0.5, 0.6) is 0 Å². The number of esters is 1. The number of rotatable bonds is 7. The first-order valence-electron chi connectivity index (χ1n) is 5.63. The lowest BCUT2D eigenvalue weighted by atomic mass is 10.1. The molecule has 0 heterocycles. The molecule has 88 valence electrons. The maximum Gasteiger partial charge on any atom is 0.305 e. The number of carbonyl (C=O) groups is 1. The predicted octanol–water partition coefficient (Wildman–Crippen LogP) is 1.93. The highest BCUT2D eigenvalue weighted by molar-refractivity contribution is 5.69. The molecule has 0 fully saturated rings. The lowest BCUT2D eigenvalue weighted by molar-refractivity contribution is -0.144. The van der Waals surface area contributed by atoms with Crippen molar-refractivity contribution >= 4 is 5.97 Å². The van der Waals surface area contributed by atoms with E-state index in [1.807, 2.05) is 18.2 Å². The Morgan fingerprint density at radius 2 is 1.94 bits per heavy atom. The fourth-order valence-electron chi connectivity index (χ4n) is 1.40. The topological polar surface area (TPSA) is 46.5 Å². The first-order chi connectivity index (χ1) is 7.83. The van der Waals surface area contributed by atoms with Crippen molar-refractivity contribution in [2.45, 2.75) is 25.7 Å². The van der Waals surface area contributed by atoms with Crippen LogP contribution in [0.3, 0.4) is 0 Å². The largest absolute Gasteiger partial charge is 0.466 e. The molecular weight excluding hydrogens is 204 g/mol. The van der Waals surface area contributed by atoms with E-state index in [2.05, 4.69) is 12.1 Å².